The van der Waals surface area contributed by atoms with E-state index in [1.54, 1.807) is 0 Å². The number of halogens is 1. The van der Waals surface area contributed by atoms with Crippen LogP contribution in [0, 0.1) is 0 Å². The summed E-state index contributed by atoms with van der Waals surface area (Å²) in [6.45, 7) is 5.91. The molecule has 0 N–H and O–H groups in total. The molecule has 0 aliphatic carbocycles. The summed E-state index contributed by atoms with van der Waals surface area (Å²) < 4.78 is 8.83. The number of pyridine rings is 1. The fourth-order valence-electron chi connectivity index (χ4n) is 2.49. The Bertz CT molecular complexity index is 569. The third-order valence-corrected chi connectivity index (χ3v) is 4.00. The molecule has 0 bridgehead atoms. The molecule has 1 fully saturated rings. The number of hydrogen-bond donors (Lipinski definition) is 0. The minimum absolute atomic E-state index is 0.375. The molecule has 0 saturated carbocycles. The Kier molecular flexibility index (Phi) is 3.86. The fraction of sp³-hybridized carbons (Fsp3) is 0.500. The molecule has 2 aromatic heterocycles. The highest BCUT2D eigenvalue weighted by Crippen LogP contribution is 2.15. The van der Waals surface area contributed by atoms with Gasteiger partial charge in [0.15, 0.2) is 0 Å². The zero-order valence-electron chi connectivity index (χ0n) is 11.1. The lowest BCUT2D eigenvalue weighted by molar-refractivity contribution is -0.0327. The van der Waals surface area contributed by atoms with Crippen LogP contribution in [-0.2, 0) is 11.3 Å². The second kappa shape index (κ2) is 5.61. The summed E-state index contributed by atoms with van der Waals surface area (Å²) in [5.41, 5.74) is 2.12. The molecule has 1 atom stereocenters. The molecule has 1 saturated heterocycles. The molecule has 3 rings (SSSR count). The van der Waals surface area contributed by atoms with Crippen LogP contribution >= 0.6 is 15.9 Å². The Labute approximate surface area is 121 Å². The number of morpholine rings is 1. The van der Waals surface area contributed by atoms with Crippen LogP contribution in [0.15, 0.2) is 29.0 Å². The number of fused-ring (bicyclic) bond motifs is 1. The lowest BCUT2D eigenvalue weighted by atomic mass is 10.2. The summed E-state index contributed by atoms with van der Waals surface area (Å²) in [5.74, 6) is 0. The molecule has 1 aliphatic rings. The van der Waals surface area contributed by atoms with Crippen LogP contribution in [0.5, 0.6) is 0 Å². The average Bonchev–Trinajstić information content (AvgIpc) is 2.80. The predicted octanol–water partition coefficient (Wildman–Crippen LogP) is 2.71. The highest BCUT2D eigenvalue weighted by Gasteiger charge is 2.19. The molecule has 0 radical (unpaired) electrons. The van der Waals surface area contributed by atoms with Crippen LogP contribution in [0.2, 0.25) is 0 Å². The Morgan fingerprint density at radius 3 is 3.16 bits per heavy atom. The van der Waals surface area contributed by atoms with Gasteiger partial charge in [-0.25, -0.2) is 4.98 Å². The van der Waals surface area contributed by atoms with Crippen LogP contribution < -0.4 is 0 Å². The second-order valence-corrected chi connectivity index (χ2v) is 5.90. The van der Waals surface area contributed by atoms with Crippen LogP contribution in [0.4, 0.5) is 0 Å². The Hall–Kier alpha value is -0.910. The van der Waals surface area contributed by atoms with Gasteiger partial charge in [-0.15, -0.1) is 0 Å². The molecule has 1 unspecified atom stereocenters. The van der Waals surface area contributed by atoms with Crippen molar-refractivity contribution in [2.75, 3.05) is 19.7 Å². The van der Waals surface area contributed by atoms with Crippen molar-refractivity contribution in [3.8, 4) is 0 Å². The number of imidazole rings is 1. The van der Waals surface area contributed by atoms with Gasteiger partial charge in [-0.05, 0) is 34.5 Å². The molecule has 5 heteroatoms. The predicted molar refractivity (Wildman–Crippen MR) is 78.2 cm³/mol. The molecular formula is C14H18BrN3O. The lowest BCUT2D eigenvalue weighted by Gasteiger charge is -2.31. The van der Waals surface area contributed by atoms with E-state index in [2.05, 4.69) is 43.3 Å². The summed E-state index contributed by atoms with van der Waals surface area (Å²) in [5, 5.41) is 0. The van der Waals surface area contributed by atoms with E-state index in [9.17, 15) is 0 Å². The quantitative estimate of drug-likeness (QED) is 0.869. The van der Waals surface area contributed by atoms with E-state index in [-0.39, 0.29) is 0 Å². The van der Waals surface area contributed by atoms with Crippen molar-refractivity contribution >= 4 is 21.6 Å². The van der Waals surface area contributed by atoms with E-state index in [1.165, 1.54) is 0 Å². The second-order valence-electron chi connectivity index (χ2n) is 4.98. The molecule has 0 amide bonds. The highest BCUT2D eigenvalue weighted by atomic mass is 79.9. The first-order chi connectivity index (χ1) is 9.24. The first-order valence-electron chi connectivity index (χ1n) is 6.71. The molecule has 102 valence electrons. The Morgan fingerprint density at radius 2 is 2.32 bits per heavy atom. The van der Waals surface area contributed by atoms with E-state index in [1.807, 2.05) is 18.3 Å². The van der Waals surface area contributed by atoms with Crippen molar-refractivity contribution in [1.29, 1.82) is 0 Å². The Morgan fingerprint density at radius 1 is 1.42 bits per heavy atom. The summed E-state index contributed by atoms with van der Waals surface area (Å²) in [6.07, 6.45) is 5.60. The van der Waals surface area contributed by atoms with Gasteiger partial charge in [0, 0.05) is 36.5 Å². The number of rotatable bonds is 3. The fourth-order valence-corrected chi connectivity index (χ4v) is 2.85. The van der Waals surface area contributed by atoms with E-state index in [0.29, 0.717) is 6.10 Å². The van der Waals surface area contributed by atoms with Gasteiger partial charge in [-0.3, -0.25) is 4.90 Å². The summed E-state index contributed by atoms with van der Waals surface area (Å²) >= 11 is 3.48. The highest BCUT2D eigenvalue weighted by molar-refractivity contribution is 9.10. The summed E-state index contributed by atoms with van der Waals surface area (Å²) in [6, 6.07) is 4.05. The number of aromatic nitrogens is 2. The summed E-state index contributed by atoms with van der Waals surface area (Å²) in [7, 11) is 0. The molecule has 1 aliphatic heterocycles. The minimum atomic E-state index is 0.375. The van der Waals surface area contributed by atoms with Crippen LogP contribution in [0.25, 0.3) is 5.65 Å². The lowest BCUT2D eigenvalue weighted by Crippen LogP contribution is -2.41. The first kappa shape index (κ1) is 13.1. The van der Waals surface area contributed by atoms with E-state index in [0.717, 1.165) is 48.5 Å². The van der Waals surface area contributed by atoms with Crippen molar-refractivity contribution in [3.63, 3.8) is 0 Å². The van der Waals surface area contributed by atoms with Gasteiger partial charge in [0.25, 0.3) is 0 Å². The van der Waals surface area contributed by atoms with Crippen LogP contribution in [0.1, 0.15) is 19.0 Å². The molecule has 4 nitrogen and oxygen atoms in total. The van der Waals surface area contributed by atoms with Gasteiger partial charge < -0.3 is 9.14 Å². The molecule has 19 heavy (non-hydrogen) atoms. The number of hydrogen-bond acceptors (Lipinski definition) is 3. The monoisotopic (exact) mass is 323 g/mol. The maximum atomic E-state index is 5.70. The number of nitrogens with zero attached hydrogens (tertiary/aromatic N) is 3. The Balaban J connectivity index is 1.74. The first-order valence-corrected chi connectivity index (χ1v) is 7.51. The molecule has 0 spiro atoms. The SMILES string of the molecule is CCC1CN(Cc2cn3cc(Br)ccc3n2)CCO1. The van der Waals surface area contributed by atoms with E-state index < -0.39 is 0 Å². The van der Waals surface area contributed by atoms with E-state index in [4.69, 9.17) is 4.74 Å². The largest absolute Gasteiger partial charge is 0.376 e. The van der Waals surface area contributed by atoms with Gasteiger partial charge in [0.1, 0.15) is 5.65 Å². The minimum Gasteiger partial charge on any atom is -0.376 e. The molecule has 2 aromatic rings. The maximum absolute atomic E-state index is 5.70. The number of ether oxygens (including phenoxy) is 1. The normalized spacial score (nSPS) is 21.1. The van der Waals surface area contributed by atoms with Crippen molar-refractivity contribution in [3.05, 3.63) is 34.7 Å². The third kappa shape index (κ3) is 2.99. The van der Waals surface area contributed by atoms with Gasteiger partial charge >= 0.3 is 0 Å². The molecular weight excluding hydrogens is 306 g/mol. The smallest absolute Gasteiger partial charge is 0.137 e. The standard InChI is InChI=1S/C14H18BrN3O/c1-2-13-10-17(5-6-19-13)8-12-9-18-7-11(15)3-4-14(18)16-12/h3-4,7,9,13H,2,5-6,8,10H2,1H3. The molecule has 3 heterocycles. The zero-order valence-corrected chi connectivity index (χ0v) is 12.6. The van der Waals surface area contributed by atoms with Crippen LogP contribution in [-0.4, -0.2) is 40.1 Å². The van der Waals surface area contributed by atoms with Gasteiger partial charge in [-0.1, -0.05) is 6.92 Å². The van der Waals surface area contributed by atoms with Crippen molar-refractivity contribution in [2.45, 2.75) is 26.0 Å². The van der Waals surface area contributed by atoms with Gasteiger partial charge in [0.05, 0.1) is 18.4 Å². The zero-order chi connectivity index (χ0) is 13.2. The van der Waals surface area contributed by atoms with Crippen molar-refractivity contribution in [2.24, 2.45) is 0 Å². The van der Waals surface area contributed by atoms with Crippen molar-refractivity contribution < 1.29 is 4.74 Å². The molecule has 0 aromatic carbocycles. The topological polar surface area (TPSA) is 29.8 Å². The summed E-state index contributed by atoms with van der Waals surface area (Å²) in [4.78, 5) is 7.08. The van der Waals surface area contributed by atoms with E-state index >= 15 is 0 Å². The average molecular weight is 324 g/mol. The van der Waals surface area contributed by atoms with Gasteiger partial charge in [-0.2, -0.15) is 0 Å². The van der Waals surface area contributed by atoms with Gasteiger partial charge in [0.2, 0.25) is 0 Å². The van der Waals surface area contributed by atoms with Crippen molar-refractivity contribution in [1.82, 2.24) is 14.3 Å². The van der Waals surface area contributed by atoms with Crippen LogP contribution in [0.3, 0.4) is 0 Å². The maximum Gasteiger partial charge on any atom is 0.137 e. The third-order valence-electron chi connectivity index (χ3n) is 3.53.